The molecule has 0 aliphatic carbocycles. The van der Waals surface area contributed by atoms with Gasteiger partial charge in [0, 0.05) is 13.1 Å². The van der Waals surface area contributed by atoms with Crippen LogP contribution in [0.2, 0.25) is 0 Å². The van der Waals surface area contributed by atoms with Crippen molar-refractivity contribution in [1.82, 2.24) is 4.98 Å². The lowest BCUT2D eigenvalue weighted by atomic mass is 10.1. The molecule has 0 amide bonds. The molecule has 1 rings (SSSR count). The van der Waals surface area contributed by atoms with E-state index >= 15 is 0 Å². The van der Waals surface area contributed by atoms with Crippen molar-refractivity contribution in [2.75, 3.05) is 17.7 Å². The lowest BCUT2D eigenvalue weighted by Crippen LogP contribution is -2.18. The van der Waals surface area contributed by atoms with Crippen LogP contribution in [-0.4, -0.2) is 18.1 Å². The molecule has 15 heavy (non-hydrogen) atoms. The minimum Gasteiger partial charge on any atom is -0.373 e. The summed E-state index contributed by atoms with van der Waals surface area (Å²) < 4.78 is 0. The van der Waals surface area contributed by atoms with Gasteiger partial charge in [0.1, 0.15) is 11.6 Å². The van der Waals surface area contributed by atoms with Gasteiger partial charge in [-0.1, -0.05) is 26.3 Å². The summed E-state index contributed by atoms with van der Waals surface area (Å²) in [5, 5.41) is 6.49. The second-order valence-electron chi connectivity index (χ2n) is 3.70. The summed E-state index contributed by atoms with van der Waals surface area (Å²) in [6, 6.07) is 6.53. The zero-order valence-electron chi connectivity index (χ0n) is 9.88. The Morgan fingerprint density at radius 3 is 2.60 bits per heavy atom. The number of nitrogens with zero attached hydrogens (tertiary/aromatic N) is 1. The van der Waals surface area contributed by atoms with Crippen molar-refractivity contribution in [1.29, 1.82) is 0 Å². The highest BCUT2D eigenvalue weighted by Gasteiger charge is 2.05. The van der Waals surface area contributed by atoms with Crippen LogP contribution in [0.15, 0.2) is 18.2 Å². The van der Waals surface area contributed by atoms with Crippen LogP contribution in [0, 0.1) is 0 Å². The molecule has 3 heteroatoms. The molecule has 0 aliphatic heterocycles. The topological polar surface area (TPSA) is 37.0 Å². The molecule has 0 spiro atoms. The molecule has 0 saturated carbocycles. The summed E-state index contributed by atoms with van der Waals surface area (Å²) in [7, 11) is 1.88. The molecular weight excluding hydrogens is 186 g/mol. The highest BCUT2D eigenvalue weighted by atomic mass is 15.1. The molecule has 1 unspecified atom stereocenters. The smallest absolute Gasteiger partial charge is 0.128 e. The van der Waals surface area contributed by atoms with Crippen LogP contribution >= 0.6 is 0 Å². The summed E-state index contributed by atoms with van der Waals surface area (Å²) in [5.41, 5.74) is 0. The molecule has 1 aromatic rings. The van der Waals surface area contributed by atoms with Crippen molar-refractivity contribution in [3.63, 3.8) is 0 Å². The average molecular weight is 207 g/mol. The van der Waals surface area contributed by atoms with Crippen LogP contribution in [-0.2, 0) is 0 Å². The first-order valence-corrected chi connectivity index (χ1v) is 5.71. The van der Waals surface area contributed by atoms with Crippen molar-refractivity contribution in [2.24, 2.45) is 0 Å². The van der Waals surface area contributed by atoms with Crippen molar-refractivity contribution >= 4 is 11.6 Å². The van der Waals surface area contributed by atoms with E-state index in [0.29, 0.717) is 6.04 Å². The van der Waals surface area contributed by atoms with Gasteiger partial charge in [0.15, 0.2) is 0 Å². The third kappa shape index (κ3) is 3.78. The van der Waals surface area contributed by atoms with Gasteiger partial charge in [-0.05, 0) is 25.0 Å². The summed E-state index contributed by atoms with van der Waals surface area (Å²) in [6.07, 6.45) is 3.54. The predicted octanol–water partition coefficient (Wildman–Crippen LogP) is 3.11. The molecule has 0 aromatic carbocycles. The molecule has 3 nitrogen and oxygen atoms in total. The van der Waals surface area contributed by atoms with E-state index in [1.807, 2.05) is 25.2 Å². The van der Waals surface area contributed by atoms with Gasteiger partial charge in [0.2, 0.25) is 0 Å². The van der Waals surface area contributed by atoms with Gasteiger partial charge in [0.25, 0.3) is 0 Å². The number of hydrogen-bond donors (Lipinski definition) is 2. The van der Waals surface area contributed by atoms with Gasteiger partial charge in [-0.25, -0.2) is 4.98 Å². The fraction of sp³-hybridized carbons (Fsp3) is 0.583. The monoisotopic (exact) mass is 207 g/mol. The maximum absolute atomic E-state index is 4.44. The Balaban J connectivity index is 2.61. The molecule has 1 heterocycles. The number of nitrogens with one attached hydrogen (secondary N) is 2. The first-order chi connectivity index (χ1) is 7.30. The summed E-state index contributed by atoms with van der Waals surface area (Å²) in [4.78, 5) is 4.44. The first kappa shape index (κ1) is 11.8. The lowest BCUT2D eigenvalue weighted by Gasteiger charge is -2.16. The Bertz CT molecular complexity index is 286. The van der Waals surface area contributed by atoms with Crippen LogP contribution in [0.25, 0.3) is 0 Å². The second-order valence-corrected chi connectivity index (χ2v) is 3.70. The van der Waals surface area contributed by atoms with E-state index in [1.54, 1.807) is 0 Å². The highest BCUT2D eigenvalue weighted by Crippen LogP contribution is 2.12. The molecule has 1 atom stereocenters. The first-order valence-electron chi connectivity index (χ1n) is 5.71. The number of anilines is 2. The van der Waals surface area contributed by atoms with Gasteiger partial charge in [0.05, 0.1) is 0 Å². The maximum Gasteiger partial charge on any atom is 0.128 e. The van der Waals surface area contributed by atoms with E-state index < -0.39 is 0 Å². The van der Waals surface area contributed by atoms with Crippen LogP contribution in [0.4, 0.5) is 11.6 Å². The molecule has 0 radical (unpaired) electrons. The van der Waals surface area contributed by atoms with E-state index in [1.165, 1.54) is 12.8 Å². The molecule has 0 saturated heterocycles. The SMILES string of the molecule is CCCC(CC)Nc1cccc(NC)n1. The van der Waals surface area contributed by atoms with Gasteiger partial charge in [-0.2, -0.15) is 0 Å². The summed E-state index contributed by atoms with van der Waals surface area (Å²) >= 11 is 0. The van der Waals surface area contributed by atoms with Crippen LogP contribution in [0.3, 0.4) is 0 Å². The van der Waals surface area contributed by atoms with Crippen molar-refractivity contribution in [3.05, 3.63) is 18.2 Å². The Labute approximate surface area is 92.3 Å². The van der Waals surface area contributed by atoms with Crippen molar-refractivity contribution in [2.45, 2.75) is 39.2 Å². The number of hydrogen-bond acceptors (Lipinski definition) is 3. The molecule has 1 aromatic heterocycles. The molecule has 0 aliphatic rings. The fourth-order valence-electron chi connectivity index (χ4n) is 1.59. The van der Waals surface area contributed by atoms with Crippen LogP contribution in [0.5, 0.6) is 0 Å². The van der Waals surface area contributed by atoms with Gasteiger partial charge in [-0.3, -0.25) is 0 Å². The third-order valence-corrected chi connectivity index (χ3v) is 2.49. The minimum atomic E-state index is 0.537. The molecule has 84 valence electrons. The Morgan fingerprint density at radius 2 is 2.00 bits per heavy atom. The third-order valence-electron chi connectivity index (χ3n) is 2.49. The largest absolute Gasteiger partial charge is 0.373 e. The minimum absolute atomic E-state index is 0.537. The second kappa shape index (κ2) is 6.27. The van der Waals surface area contributed by atoms with E-state index in [-0.39, 0.29) is 0 Å². The number of pyridine rings is 1. The standard InChI is InChI=1S/C12H21N3/c1-4-7-10(5-2)14-12-9-6-8-11(13-3)15-12/h6,8-10H,4-5,7H2,1-3H3,(H2,13,14,15). The van der Waals surface area contributed by atoms with Gasteiger partial charge >= 0.3 is 0 Å². The van der Waals surface area contributed by atoms with Crippen LogP contribution < -0.4 is 10.6 Å². The van der Waals surface area contributed by atoms with Gasteiger partial charge in [-0.15, -0.1) is 0 Å². The van der Waals surface area contributed by atoms with E-state index in [9.17, 15) is 0 Å². The van der Waals surface area contributed by atoms with Gasteiger partial charge < -0.3 is 10.6 Å². The molecular formula is C12H21N3. The predicted molar refractivity (Wildman–Crippen MR) is 66.4 cm³/mol. The van der Waals surface area contributed by atoms with Crippen molar-refractivity contribution in [3.8, 4) is 0 Å². The Morgan fingerprint density at radius 1 is 1.27 bits per heavy atom. The number of rotatable bonds is 6. The van der Waals surface area contributed by atoms with E-state index in [2.05, 4.69) is 29.5 Å². The summed E-state index contributed by atoms with van der Waals surface area (Å²) in [5.74, 6) is 1.87. The average Bonchev–Trinajstić information content (AvgIpc) is 2.29. The molecule has 0 fully saturated rings. The van der Waals surface area contributed by atoms with E-state index in [0.717, 1.165) is 18.1 Å². The Hall–Kier alpha value is -1.25. The highest BCUT2D eigenvalue weighted by molar-refractivity contribution is 5.45. The summed E-state index contributed by atoms with van der Waals surface area (Å²) in [6.45, 7) is 4.41. The zero-order chi connectivity index (χ0) is 11.1. The molecule has 2 N–H and O–H groups in total. The number of aromatic nitrogens is 1. The Kier molecular flexibility index (Phi) is 4.95. The normalized spacial score (nSPS) is 12.2. The van der Waals surface area contributed by atoms with Crippen LogP contribution in [0.1, 0.15) is 33.1 Å². The van der Waals surface area contributed by atoms with Crippen molar-refractivity contribution < 1.29 is 0 Å². The molecule has 0 bridgehead atoms. The maximum atomic E-state index is 4.44. The lowest BCUT2D eigenvalue weighted by molar-refractivity contribution is 0.620. The van der Waals surface area contributed by atoms with E-state index in [4.69, 9.17) is 0 Å². The quantitative estimate of drug-likeness (QED) is 0.752. The zero-order valence-corrected chi connectivity index (χ0v) is 9.88. The fourth-order valence-corrected chi connectivity index (χ4v) is 1.59.